The van der Waals surface area contributed by atoms with Crippen molar-refractivity contribution < 1.29 is 28.3 Å². The van der Waals surface area contributed by atoms with Gasteiger partial charge in [0.15, 0.2) is 5.58 Å². The van der Waals surface area contributed by atoms with Gasteiger partial charge >= 0.3 is 6.09 Å². The number of carbonyl (C=O) groups is 3. The number of rotatable bonds is 12. The van der Waals surface area contributed by atoms with Crippen molar-refractivity contribution in [2.45, 2.75) is 44.8 Å². The number of carbonyl (C=O) groups excluding carboxylic acids is 3. The number of benzene rings is 1. The van der Waals surface area contributed by atoms with E-state index in [1.165, 1.54) is 4.90 Å². The number of hydrogen-bond donors (Lipinski definition) is 2. The van der Waals surface area contributed by atoms with Crippen LogP contribution in [0.3, 0.4) is 0 Å². The molecule has 37 heavy (non-hydrogen) atoms. The minimum absolute atomic E-state index is 0.196. The maximum Gasteiger partial charge on any atom is 0.407 e. The molecule has 1 saturated heterocycles. The van der Waals surface area contributed by atoms with Gasteiger partial charge in [-0.15, -0.1) is 6.58 Å². The van der Waals surface area contributed by atoms with Gasteiger partial charge in [0.05, 0.1) is 19.3 Å². The summed E-state index contributed by atoms with van der Waals surface area (Å²) in [6, 6.07) is 6.73. The van der Waals surface area contributed by atoms with Crippen molar-refractivity contribution in [3.63, 3.8) is 0 Å². The van der Waals surface area contributed by atoms with Gasteiger partial charge in [-0.1, -0.05) is 31.2 Å². The SMILES string of the molecule is C=CCOC1CC(C(=O)NC/C(=C\CC)c2nc3ccccc3o2)N(C(=O)CNC(=O)OCC2CC2)C1. The number of amides is 3. The fourth-order valence-electron chi connectivity index (χ4n) is 4.22. The highest BCUT2D eigenvalue weighted by Gasteiger charge is 2.40. The van der Waals surface area contributed by atoms with Gasteiger partial charge in [0.1, 0.15) is 18.1 Å². The van der Waals surface area contributed by atoms with Gasteiger partial charge in [0.2, 0.25) is 17.7 Å². The maximum atomic E-state index is 13.2. The van der Waals surface area contributed by atoms with E-state index in [4.69, 9.17) is 13.9 Å². The highest BCUT2D eigenvalue weighted by Crippen LogP contribution is 2.28. The second-order valence-corrected chi connectivity index (χ2v) is 9.28. The lowest BCUT2D eigenvalue weighted by Gasteiger charge is -2.24. The zero-order chi connectivity index (χ0) is 26.2. The average Bonchev–Trinajstić information content (AvgIpc) is 3.47. The summed E-state index contributed by atoms with van der Waals surface area (Å²) >= 11 is 0. The normalized spacial score (nSPS) is 19.6. The molecule has 0 radical (unpaired) electrons. The van der Waals surface area contributed by atoms with E-state index in [1.807, 2.05) is 37.3 Å². The zero-order valence-corrected chi connectivity index (χ0v) is 21.1. The molecule has 10 heteroatoms. The van der Waals surface area contributed by atoms with Gasteiger partial charge in [-0.2, -0.15) is 0 Å². The topological polar surface area (TPSA) is 123 Å². The van der Waals surface area contributed by atoms with E-state index in [2.05, 4.69) is 22.2 Å². The first-order chi connectivity index (χ1) is 18.0. The van der Waals surface area contributed by atoms with Crippen molar-refractivity contribution in [3.05, 3.63) is 48.9 Å². The Labute approximate surface area is 216 Å². The number of aromatic nitrogens is 1. The fourth-order valence-corrected chi connectivity index (χ4v) is 4.22. The lowest BCUT2D eigenvalue weighted by molar-refractivity contribution is -0.137. The summed E-state index contributed by atoms with van der Waals surface area (Å²) < 4.78 is 16.7. The van der Waals surface area contributed by atoms with Crippen molar-refractivity contribution in [3.8, 4) is 0 Å². The number of nitrogens with zero attached hydrogens (tertiary/aromatic N) is 2. The number of ether oxygens (including phenoxy) is 2. The van der Waals surface area contributed by atoms with E-state index in [-0.39, 0.29) is 37.6 Å². The molecule has 1 aromatic carbocycles. The van der Waals surface area contributed by atoms with Crippen molar-refractivity contribution in [1.29, 1.82) is 0 Å². The zero-order valence-electron chi connectivity index (χ0n) is 21.1. The number of hydrogen-bond acceptors (Lipinski definition) is 7. The largest absolute Gasteiger partial charge is 0.449 e. The Bertz CT molecular complexity index is 1120. The summed E-state index contributed by atoms with van der Waals surface area (Å²) in [4.78, 5) is 44.1. The first kappa shape index (κ1) is 26.4. The van der Waals surface area contributed by atoms with Gasteiger partial charge in [-0.3, -0.25) is 9.59 Å². The van der Waals surface area contributed by atoms with E-state index < -0.39 is 12.1 Å². The number of alkyl carbamates (subject to hydrolysis) is 1. The molecule has 2 unspecified atom stereocenters. The Balaban J connectivity index is 1.37. The quantitative estimate of drug-likeness (QED) is 0.421. The third-order valence-electron chi connectivity index (χ3n) is 6.34. The summed E-state index contributed by atoms with van der Waals surface area (Å²) in [5, 5.41) is 5.42. The van der Waals surface area contributed by atoms with Crippen LogP contribution in [0.5, 0.6) is 0 Å². The minimum Gasteiger partial charge on any atom is -0.449 e. The second kappa shape index (κ2) is 12.5. The first-order valence-electron chi connectivity index (χ1n) is 12.7. The molecule has 10 nitrogen and oxygen atoms in total. The van der Waals surface area contributed by atoms with Crippen LogP contribution in [0, 0.1) is 5.92 Å². The van der Waals surface area contributed by atoms with Crippen molar-refractivity contribution in [2.75, 3.05) is 32.8 Å². The summed E-state index contributed by atoms with van der Waals surface area (Å²) in [7, 11) is 0. The van der Waals surface area contributed by atoms with Crippen LogP contribution < -0.4 is 10.6 Å². The Morgan fingerprint density at radius 2 is 2.03 bits per heavy atom. The van der Waals surface area contributed by atoms with Gasteiger partial charge in [-0.25, -0.2) is 9.78 Å². The summed E-state index contributed by atoms with van der Waals surface area (Å²) in [5.74, 6) is 0.185. The van der Waals surface area contributed by atoms with Gasteiger partial charge in [-0.05, 0) is 37.3 Å². The van der Waals surface area contributed by atoms with Crippen LogP contribution in [0.2, 0.25) is 0 Å². The van der Waals surface area contributed by atoms with E-state index in [1.54, 1.807) is 6.08 Å². The molecule has 1 aliphatic carbocycles. The molecule has 2 aliphatic rings. The Morgan fingerprint density at radius 3 is 2.76 bits per heavy atom. The van der Waals surface area contributed by atoms with Crippen LogP contribution in [-0.4, -0.2) is 72.8 Å². The number of oxazole rings is 1. The van der Waals surface area contributed by atoms with Gasteiger partial charge in [0.25, 0.3) is 0 Å². The molecule has 4 rings (SSSR count). The molecule has 2 fully saturated rings. The molecular formula is C27H34N4O6. The monoisotopic (exact) mass is 510 g/mol. The molecule has 198 valence electrons. The Hall–Kier alpha value is -3.66. The van der Waals surface area contributed by atoms with E-state index in [9.17, 15) is 14.4 Å². The molecule has 2 heterocycles. The highest BCUT2D eigenvalue weighted by atomic mass is 16.5. The van der Waals surface area contributed by atoms with Gasteiger partial charge < -0.3 is 29.4 Å². The smallest absolute Gasteiger partial charge is 0.407 e. The molecule has 1 aromatic heterocycles. The van der Waals surface area contributed by atoms with Crippen molar-refractivity contribution >= 4 is 34.6 Å². The second-order valence-electron chi connectivity index (χ2n) is 9.28. The number of nitrogens with one attached hydrogen (secondary N) is 2. The number of allylic oxidation sites excluding steroid dienone is 1. The van der Waals surface area contributed by atoms with E-state index in [0.29, 0.717) is 37.0 Å². The van der Waals surface area contributed by atoms with Crippen molar-refractivity contribution in [2.24, 2.45) is 5.92 Å². The number of para-hydroxylation sites is 2. The van der Waals surface area contributed by atoms with Crippen molar-refractivity contribution in [1.82, 2.24) is 20.5 Å². The van der Waals surface area contributed by atoms with Crippen LogP contribution >= 0.6 is 0 Å². The fraction of sp³-hybridized carbons (Fsp3) is 0.481. The molecule has 2 N–H and O–H groups in total. The molecule has 2 aromatic rings. The summed E-state index contributed by atoms with van der Waals surface area (Å²) in [6.45, 7) is 6.50. The van der Waals surface area contributed by atoms with Crippen LogP contribution in [-0.2, 0) is 19.1 Å². The highest BCUT2D eigenvalue weighted by molar-refractivity contribution is 5.91. The van der Waals surface area contributed by atoms with E-state index >= 15 is 0 Å². The standard InChI is InChI=1S/C27H34N4O6/c1-3-7-19(26-30-21-8-5-6-9-23(21)37-26)14-28-25(33)22-13-20(35-12-4-2)16-31(22)24(32)15-29-27(34)36-17-18-10-11-18/h4-9,18,20,22H,2-3,10-17H2,1H3,(H,28,33)(H,29,34)/b19-7+. The maximum absolute atomic E-state index is 13.2. The average molecular weight is 511 g/mol. The molecule has 2 atom stereocenters. The summed E-state index contributed by atoms with van der Waals surface area (Å²) in [5.41, 5.74) is 2.16. The lowest BCUT2D eigenvalue weighted by Crippen LogP contribution is -2.49. The number of likely N-dealkylation sites (tertiary alicyclic amines) is 1. The number of fused-ring (bicyclic) bond motifs is 1. The van der Waals surface area contributed by atoms with Gasteiger partial charge in [0, 0.05) is 25.1 Å². The molecular weight excluding hydrogens is 476 g/mol. The third kappa shape index (κ3) is 7.19. The van der Waals surface area contributed by atoms with Crippen LogP contribution in [0.1, 0.15) is 38.5 Å². The van der Waals surface area contributed by atoms with Crippen LogP contribution in [0.15, 0.2) is 47.4 Å². The van der Waals surface area contributed by atoms with Crippen LogP contribution in [0.4, 0.5) is 4.79 Å². The molecule has 3 amide bonds. The molecule has 0 bridgehead atoms. The molecule has 0 spiro atoms. The Kier molecular flexibility index (Phi) is 8.95. The molecule has 1 saturated carbocycles. The van der Waals surface area contributed by atoms with E-state index in [0.717, 1.165) is 30.4 Å². The summed E-state index contributed by atoms with van der Waals surface area (Å²) in [6.07, 6.45) is 5.82. The molecule has 1 aliphatic heterocycles. The predicted octanol–water partition coefficient (Wildman–Crippen LogP) is 3.05. The minimum atomic E-state index is -0.738. The predicted molar refractivity (Wildman–Crippen MR) is 137 cm³/mol. The third-order valence-corrected chi connectivity index (χ3v) is 6.34. The Morgan fingerprint density at radius 1 is 1.22 bits per heavy atom. The lowest BCUT2D eigenvalue weighted by atomic mass is 10.1. The van der Waals surface area contributed by atoms with Crippen LogP contribution in [0.25, 0.3) is 16.7 Å². The first-order valence-corrected chi connectivity index (χ1v) is 12.7.